The molecule has 0 saturated heterocycles. The first-order valence-corrected chi connectivity index (χ1v) is 5.31. The average Bonchev–Trinajstić information content (AvgIpc) is 2.17. The second kappa shape index (κ2) is 5.89. The summed E-state index contributed by atoms with van der Waals surface area (Å²) in [4.78, 5) is 11.8. The van der Waals surface area contributed by atoms with E-state index in [1.54, 1.807) is 19.2 Å². The van der Waals surface area contributed by atoms with Crippen molar-refractivity contribution in [3.8, 4) is 0 Å². The molecule has 3 heteroatoms. The molecular weight excluding hydrogens is 212 g/mol. The molecule has 0 spiro atoms. The lowest BCUT2D eigenvalue weighted by Crippen LogP contribution is -2.03. The minimum absolute atomic E-state index is 0.154. The molecule has 0 aliphatic rings. The minimum Gasteiger partial charge on any atom is -0.385 e. The largest absolute Gasteiger partial charge is 0.385 e. The number of carbonyl (C=O) groups is 1. The summed E-state index contributed by atoms with van der Waals surface area (Å²) in [5, 5.41) is 0.668. The number of benzene rings is 1. The van der Waals surface area contributed by atoms with E-state index in [2.05, 4.69) is 0 Å². The lowest BCUT2D eigenvalue weighted by atomic mass is 10.0. The molecule has 0 heterocycles. The molecule has 0 radical (unpaired) electrons. The summed E-state index contributed by atoms with van der Waals surface area (Å²) in [6, 6.07) is 5.34. The van der Waals surface area contributed by atoms with Crippen LogP contribution in [0, 0.1) is 6.92 Å². The van der Waals surface area contributed by atoms with Crippen LogP contribution in [-0.4, -0.2) is 19.5 Å². The Morgan fingerprint density at radius 3 is 2.80 bits per heavy atom. The van der Waals surface area contributed by atoms with E-state index < -0.39 is 0 Å². The zero-order valence-electron chi connectivity index (χ0n) is 9.05. The Hall–Kier alpha value is -0.860. The van der Waals surface area contributed by atoms with E-state index in [9.17, 15) is 4.79 Å². The maximum absolute atomic E-state index is 11.8. The van der Waals surface area contributed by atoms with Gasteiger partial charge in [-0.05, 0) is 37.1 Å². The van der Waals surface area contributed by atoms with Crippen LogP contribution in [0.2, 0.25) is 5.02 Å². The SMILES string of the molecule is COCCCC(=O)c1ccc(Cl)cc1C. The molecule has 1 aromatic carbocycles. The Kier molecular flexibility index (Phi) is 4.79. The predicted octanol–water partition coefficient (Wildman–Crippen LogP) is 3.26. The predicted molar refractivity (Wildman–Crippen MR) is 61.6 cm³/mol. The first-order chi connectivity index (χ1) is 7.15. The molecule has 0 atom stereocenters. The van der Waals surface area contributed by atoms with Crippen LogP contribution in [0.5, 0.6) is 0 Å². The molecule has 2 nitrogen and oxygen atoms in total. The summed E-state index contributed by atoms with van der Waals surface area (Å²) < 4.78 is 4.90. The fraction of sp³-hybridized carbons (Fsp3) is 0.417. The van der Waals surface area contributed by atoms with E-state index in [1.165, 1.54) is 0 Å². The Bertz CT molecular complexity index is 347. The van der Waals surface area contributed by atoms with Gasteiger partial charge < -0.3 is 4.74 Å². The van der Waals surface area contributed by atoms with E-state index >= 15 is 0 Å². The van der Waals surface area contributed by atoms with Crippen molar-refractivity contribution in [2.75, 3.05) is 13.7 Å². The smallest absolute Gasteiger partial charge is 0.163 e. The van der Waals surface area contributed by atoms with Crippen molar-refractivity contribution in [2.45, 2.75) is 19.8 Å². The van der Waals surface area contributed by atoms with Crippen molar-refractivity contribution in [3.63, 3.8) is 0 Å². The van der Waals surface area contributed by atoms with Gasteiger partial charge in [0.05, 0.1) is 0 Å². The van der Waals surface area contributed by atoms with Crippen molar-refractivity contribution < 1.29 is 9.53 Å². The Morgan fingerprint density at radius 1 is 1.47 bits per heavy atom. The highest BCUT2D eigenvalue weighted by Crippen LogP contribution is 2.17. The third-order valence-corrected chi connectivity index (χ3v) is 2.48. The molecule has 15 heavy (non-hydrogen) atoms. The number of hydrogen-bond acceptors (Lipinski definition) is 2. The van der Waals surface area contributed by atoms with Crippen molar-refractivity contribution >= 4 is 17.4 Å². The molecule has 82 valence electrons. The van der Waals surface area contributed by atoms with Gasteiger partial charge in [0.25, 0.3) is 0 Å². The van der Waals surface area contributed by atoms with Crippen LogP contribution in [0.3, 0.4) is 0 Å². The number of rotatable bonds is 5. The van der Waals surface area contributed by atoms with E-state index in [0.29, 0.717) is 18.1 Å². The average molecular weight is 227 g/mol. The summed E-state index contributed by atoms with van der Waals surface area (Å²) in [6.07, 6.45) is 1.29. The summed E-state index contributed by atoms with van der Waals surface area (Å²) in [5.74, 6) is 0.154. The molecule has 0 aliphatic heterocycles. The number of methoxy groups -OCH3 is 1. The number of halogens is 1. The van der Waals surface area contributed by atoms with Crippen LogP contribution >= 0.6 is 11.6 Å². The summed E-state index contributed by atoms with van der Waals surface area (Å²) >= 11 is 5.82. The third kappa shape index (κ3) is 3.65. The standard InChI is InChI=1S/C12H15ClO2/c1-9-8-10(13)5-6-11(9)12(14)4-3-7-15-2/h5-6,8H,3-4,7H2,1-2H3. The number of hydrogen-bond donors (Lipinski definition) is 0. The van der Waals surface area contributed by atoms with Gasteiger partial charge in [-0.25, -0.2) is 0 Å². The summed E-state index contributed by atoms with van der Waals surface area (Å²) in [5.41, 5.74) is 1.69. The Labute approximate surface area is 95.2 Å². The quantitative estimate of drug-likeness (QED) is 0.569. The lowest BCUT2D eigenvalue weighted by molar-refractivity contribution is 0.0963. The molecule has 0 fully saturated rings. The van der Waals surface area contributed by atoms with Crippen molar-refractivity contribution in [1.29, 1.82) is 0 Å². The zero-order valence-corrected chi connectivity index (χ0v) is 9.80. The van der Waals surface area contributed by atoms with Crippen LogP contribution in [0.1, 0.15) is 28.8 Å². The molecule has 0 aliphatic carbocycles. The van der Waals surface area contributed by atoms with Gasteiger partial charge in [0.2, 0.25) is 0 Å². The zero-order chi connectivity index (χ0) is 11.3. The van der Waals surface area contributed by atoms with Gasteiger partial charge in [-0.1, -0.05) is 11.6 Å². The highest BCUT2D eigenvalue weighted by molar-refractivity contribution is 6.30. The van der Waals surface area contributed by atoms with E-state index in [1.807, 2.05) is 13.0 Å². The molecular formula is C12H15ClO2. The van der Waals surface area contributed by atoms with E-state index in [-0.39, 0.29) is 5.78 Å². The fourth-order valence-corrected chi connectivity index (χ4v) is 1.68. The van der Waals surface area contributed by atoms with Gasteiger partial charge in [-0.15, -0.1) is 0 Å². The molecule has 0 amide bonds. The van der Waals surface area contributed by atoms with Crippen molar-refractivity contribution in [2.24, 2.45) is 0 Å². The Morgan fingerprint density at radius 2 is 2.20 bits per heavy atom. The van der Waals surface area contributed by atoms with Gasteiger partial charge in [-0.2, -0.15) is 0 Å². The van der Waals surface area contributed by atoms with Crippen LogP contribution in [-0.2, 0) is 4.74 Å². The highest BCUT2D eigenvalue weighted by Gasteiger charge is 2.08. The van der Waals surface area contributed by atoms with Gasteiger partial charge in [0.15, 0.2) is 5.78 Å². The first-order valence-electron chi connectivity index (χ1n) is 4.93. The van der Waals surface area contributed by atoms with Crippen LogP contribution in [0.25, 0.3) is 0 Å². The molecule has 1 rings (SSSR count). The van der Waals surface area contributed by atoms with Crippen molar-refractivity contribution in [1.82, 2.24) is 0 Å². The summed E-state index contributed by atoms with van der Waals surface area (Å²) in [7, 11) is 1.64. The van der Waals surface area contributed by atoms with Crippen LogP contribution in [0.15, 0.2) is 18.2 Å². The lowest BCUT2D eigenvalue weighted by Gasteiger charge is -2.05. The molecule has 0 bridgehead atoms. The molecule has 1 aromatic rings. The summed E-state index contributed by atoms with van der Waals surface area (Å²) in [6.45, 7) is 2.52. The van der Waals surface area contributed by atoms with Crippen molar-refractivity contribution in [3.05, 3.63) is 34.3 Å². The van der Waals surface area contributed by atoms with Crippen LogP contribution < -0.4 is 0 Å². The molecule has 0 unspecified atom stereocenters. The topological polar surface area (TPSA) is 26.3 Å². The number of ether oxygens (including phenoxy) is 1. The molecule has 0 aromatic heterocycles. The maximum Gasteiger partial charge on any atom is 0.163 e. The second-order valence-electron chi connectivity index (χ2n) is 3.48. The number of ketones is 1. The fourth-order valence-electron chi connectivity index (χ4n) is 1.45. The third-order valence-electron chi connectivity index (χ3n) is 2.24. The van der Waals surface area contributed by atoms with Gasteiger partial charge in [0.1, 0.15) is 0 Å². The number of Topliss-reactive ketones (excluding diaryl/α,β-unsaturated/α-hetero) is 1. The van der Waals surface area contributed by atoms with E-state index in [0.717, 1.165) is 17.5 Å². The monoisotopic (exact) mass is 226 g/mol. The van der Waals surface area contributed by atoms with Crippen LogP contribution in [0.4, 0.5) is 0 Å². The second-order valence-corrected chi connectivity index (χ2v) is 3.92. The Balaban J connectivity index is 2.65. The minimum atomic E-state index is 0.154. The number of carbonyl (C=O) groups excluding carboxylic acids is 1. The van der Waals surface area contributed by atoms with Gasteiger partial charge >= 0.3 is 0 Å². The van der Waals surface area contributed by atoms with Gasteiger partial charge in [-0.3, -0.25) is 4.79 Å². The molecule has 0 N–H and O–H groups in total. The maximum atomic E-state index is 11.8. The van der Waals surface area contributed by atoms with E-state index in [4.69, 9.17) is 16.3 Å². The highest BCUT2D eigenvalue weighted by atomic mass is 35.5. The normalized spacial score (nSPS) is 10.3. The van der Waals surface area contributed by atoms with Gasteiger partial charge in [0, 0.05) is 30.7 Å². The molecule has 0 saturated carbocycles. The first kappa shape index (κ1) is 12.2. The number of aryl methyl sites for hydroxylation is 1.